The molecule has 2 atom stereocenters. The van der Waals surface area contributed by atoms with Gasteiger partial charge in [0.15, 0.2) is 23.6 Å². The summed E-state index contributed by atoms with van der Waals surface area (Å²) in [5, 5.41) is 5.40. The summed E-state index contributed by atoms with van der Waals surface area (Å²) >= 11 is 9.06. The molecule has 0 spiro atoms. The molecule has 0 aromatic carbocycles. The highest BCUT2D eigenvalue weighted by Crippen LogP contribution is 1.80. The monoisotopic (exact) mass is 158 g/mol. The maximum atomic E-state index is 4.53. The van der Waals surface area contributed by atoms with Crippen LogP contribution in [0.5, 0.6) is 0 Å². The Balaban J connectivity index is 2.66. The van der Waals surface area contributed by atoms with Crippen molar-refractivity contribution in [1.82, 2.24) is 10.4 Å². The lowest BCUT2D eigenvalue weighted by Gasteiger charge is -1.64. The highest BCUT2D eigenvalue weighted by Gasteiger charge is 1.80. The molecule has 0 aliphatic rings. The van der Waals surface area contributed by atoms with Crippen molar-refractivity contribution in [3.05, 3.63) is 0 Å². The molecule has 0 fully saturated rings. The molecule has 0 aromatic heterocycles. The number of nitrogens with one attached hydrogen (secondary N) is 2. The molecule has 0 heterocycles. The standard InChI is InChI=1S/H2N2P2S2/c5-3-1-2-4-6/h(H,1,5)(H,2,6)/p+2. The van der Waals surface area contributed by atoms with E-state index in [9.17, 15) is 0 Å². The van der Waals surface area contributed by atoms with Crippen molar-refractivity contribution in [3.63, 3.8) is 0 Å². The molecule has 0 aliphatic heterocycles. The van der Waals surface area contributed by atoms with Crippen LogP contribution in [0.2, 0.25) is 0 Å². The molecule has 34 valence electrons. The molecule has 0 amide bonds. The van der Waals surface area contributed by atoms with Gasteiger partial charge in [0.2, 0.25) is 0 Å². The van der Waals surface area contributed by atoms with Gasteiger partial charge in [0, 0.05) is 0 Å². The van der Waals surface area contributed by atoms with Crippen LogP contribution in [-0.4, -0.2) is 0 Å². The first-order valence-corrected chi connectivity index (χ1v) is 5.42. The average molecular weight is 158 g/mol. The van der Waals surface area contributed by atoms with Gasteiger partial charge in [-0.25, -0.2) is 0 Å². The maximum absolute atomic E-state index is 4.53. The predicted octanol–water partition coefficient (Wildman–Crippen LogP) is 0.191. The van der Waals surface area contributed by atoms with Gasteiger partial charge in [-0.05, 0) is 10.4 Å². The van der Waals surface area contributed by atoms with E-state index in [-0.39, 0.29) is 0 Å². The minimum Gasteiger partial charge on any atom is -0.0290 e. The van der Waals surface area contributed by atoms with Crippen LogP contribution in [0.25, 0.3) is 0 Å². The summed E-state index contributed by atoms with van der Waals surface area (Å²) in [4.78, 5) is 0. The normalized spacial score (nSPS) is 10.0. The second kappa shape index (κ2) is 5.96. The Morgan fingerprint density at radius 1 is 1.00 bits per heavy atom. The number of hydrogen-bond donors (Lipinski definition) is 2. The molecule has 2 nitrogen and oxygen atoms in total. The van der Waals surface area contributed by atoms with E-state index in [1.807, 2.05) is 0 Å². The molecule has 2 N–H and O–H groups in total. The molecule has 0 bridgehead atoms. The molecule has 0 saturated heterocycles. The second-order valence-electron chi connectivity index (χ2n) is 0.454. The Morgan fingerprint density at radius 3 is 1.50 bits per heavy atom. The third-order valence-electron chi connectivity index (χ3n) is 0.165. The lowest BCUT2D eigenvalue weighted by Crippen LogP contribution is -2.08. The van der Waals surface area contributed by atoms with Gasteiger partial charge in [-0.3, -0.25) is 0 Å². The van der Waals surface area contributed by atoms with Crippen molar-refractivity contribution in [1.29, 1.82) is 0 Å². The average Bonchev–Trinajstić information content (AvgIpc) is 1.61. The van der Waals surface area contributed by atoms with Gasteiger partial charge in [0.25, 0.3) is 15.0 Å². The van der Waals surface area contributed by atoms with Crippen molar-refractivity contribution < 1.29 is 0 Å². The van der Waals surface area contributed by atoms with Crippen LogP contribution in [0, 0.1) is 0 Å². The summed E-state index contributed by atoms with van der Waals surface area (Å²) in [5.41, 5.74) is 0. The van der Waals surface area contributed by atoms with Crippen LogP contribution >= 0.6 is 15.0 Å². The van der Waals surface area contributed by atoms with E-state index in [0.29, 0.717) is 15.0 Å². The molecule has 0 aromatic rings. The van der Waals surface area contributed by atoms with E-state index in [1.54, 1.807) is 0 Å². The third-order valence-corrected chi connectivity index (χ3v) is 1.48. The van der Waals surface area contributed by atoms with Crippen molar-refractivity contribution in [2.24, 2.45) is 0 Å². The Bertz CT molecular complexity index is 45.5. The van der Waals surface area contributed by atoms with Gasteiger partial charge in [0.05, 0.1) is 0 Å². The fraction of sp³-hybridized carbons (Fsp3) is 0. The highest BCUT2D eigenvalue weighted by molar-refractivity contribution is 7.97. The van der Waals surface area contributed by atoms with Gasteiger partial charge in [-0.15, -0.1) is 0 Å². The number of hydrazine groups is 1. The van der Waals surface area contributed by atoms with Crippen LogP contribution in [-0.2, 0) is 23.6 Å². The van der Waals surface area contributed by atoms with Gasteiger partial charge in [0.1, 0.15) is 0 Å². The smallest absolute Gasteiger partial charge is 0.0290 e. The fourth-order valence-corrected chi connectivity index (χ4v) is 1.38. The quantitative estimate of drug-likeness (QED) is 0.348. The lowest BCUT2D eigenvalue weighted by molar-refractivity contribution is 1.00. The molecule has 0 aliphatic carbocycles. The fourth-order valence-electron chi connectivity index (χ4n) is 0.0510. The van der Waals surface area contributed by atoms with E-state index in [1.165, 1.54) is 0 Å². The topological polar surface area (TPSA) is 24.1 Å². The molecule has 6 heteroatoms. The Labute approximate surface area is 49.5 Å². The van der Waals surface area contributed by atoms with Gasteiger partial charge < -0.3 is 0 Å². The minimum absolute atomic E-state index is 0.327. The Morgan fingerprint density at radius 2 is 1.33 bits per heavy atom. The van der Waals surface area contributed by atoms with Crippen molar-refractivity contribution in [2.45, 2.75) is 0 Å². The summed E-state index contributed by atoms with van der Waals surface area (Å²) in [7, 11) is 0.654. The van der Waals surface area contributed by atoms with E-state index in [2.05, 4.69) is 34.0 Å². The van der Waals surface area contributed by atoms with E-state index in [0.717, 1.165) is 0 Å². The summed E-state index contributed by atoms with van der Waals surface area (Å²) in [6.07, 6.45) is 0. The summed E-state index contributed by atoms with van der Waals surface area (Å²) in [5.74, 6) is 0. The summed E-state index contributed by atoms with van der Waals surface area (Å²) < 4.78 is 0. The second-order valence-corrected chi connectivity index (χ2v) is 2.59. The molecule has 0 rings (SSSR count). The lowest BCUT2D eigenvalue weighted by atomic mass is 13.0. The van der Waals surface area contributed by atoms with Gasteiger partial charge in [-0.1, -0.05) is 0 Å². The summed E-state index contributed by atoms with van der Waals surface area (Å²) in [6, 6.07) is 0. The van der Waals surface area contributed by atoms with E-state index >= 15 is 0 Å². The number of rotatable bonds is 3. The third kappa shape index (κ3) is 4.96. The molecular weight excluding hydrogens is 154 g/mol. The molecule has 2 unspecified atom stereocenters. The number of hydrogen-bond acceptors (Lipinski definition) is 2. The maximum Gasteiger partial charge on any atom is 0.267 e. The zero-order valence-corrected chi connectivity index (χ0v) is 6.45. The van der Waals surface area contributed by atoms with E-state index in [4.69, 9.17) is 0 Å². The van der Waals surface area contributed by atoms with Gasteiger partial charge >= 0.3 is 0 Å². The van der Waals surface area contributed by atoms with Crippen LogP contribution < -0.4 is 10.4 Å². The first-order chi connectivity index (χ1) is 2.91. The minimum atomic E-state index is 0.327. The van der Waals surface area contributed by atoms with E-state index < -0.39 is 0 Å². The zero-order valence-electron chi connectivity index (χ0n) is 2.82. The molecular formula is H4N2P2S2+2. The van der Waals surface area contributed by atoms with Crippen LogP contribution in [0.4, 0.5) is 0 Å². The first-order valence-electron chi connectivity index (χ1n) is 1.16. The SMILES string of the molecule is S=[PH+]NN[PH+]=S. The van der Waals surface area contributed by atoms with Crippen LogP contribution in [0.1, 0.15) is 0 Å². The molecule has 0 radical (unpaired) electrons. The van der Waals surface area contributed by atoms with Crippen molar-refractivity contribution in [2.75, 3.05) is 0 Å². The van der Waals surface area contributed by atoms with Gasteiger partial charge in [-0.2, -0.15) is 0 Å². The molecule has 6 heavy (non-hydrogen) atoms. The Kier molecular flexibility index (Phi) is 6.91. The Hall–Kier alpha value is 0.960. The zero-order chi connectivity index (χ0) is 4.83. The predicted molar refractivity (Wildman–Crippen MR) is 37.6 cm³/mol. The summed E-state index contributed by atoms with van der Waals surface area (Å²) in [6.45, 7) is 0. The van der Waals surface area contributed by atoms with Crippen LogP contribution in [0.15, 0.2) is 0 Å². The largest absolute Gasteiger partial charge is 0.267 e. The van der Waals surface area contributed by atoms with Crippen LogP contribution in [0.3, 0.4) is 0 Å². The van der Waals surface area contributed by atoms with Crippen molar-refractivity contribution in [3.8, 4) is 0 Å². The molecule has 0 saturated carbocycles. The first kappa shape index (κ1) is 6.96. The van der Waals surface area contributed by atoms with Crippen molar-refractivity contribution >= 4 is 38.6 Å². The highest BCUT2D eigenvalue weighted by atomic mass is 32.4.